The first-order chi connectivity index (χ1) is 7.02. The number of hydrogen-bond acceptors (Lipinski definition) is 2. The van der Waals surface area contributed by atoms with Gasteiger partial charge in [0.25, 0.3) is 0 Å². The summed E-state index contributed by atoms with van der Waals surface area (Å²) in [6, 6.07) is 5.09. The minimum atomic E-state index is -0.993. The molecular weight excluding hydrogens is 214 g/mol. The van der Waals surface area contributed by atoms with Crippen LogP contribution in [0.1, 0.15) is 30.1 Å². The van der Waals surface area contributed by atoms with Gasteiger partial charge in [0.05, 0.1) is 10.7 Å². The third-order valence-corrected chi connectivity index (χ3v) is 2.98. The fraction of sp³-hybridized carbons (Fsp3) is 0.364. The summed E-state index contributed by atoms with van der Waals surface area (Å²) < 4.78 is 0. The van der Waals surface area contributed by atoms with Crippen LogP contribution in [0.3, 0.4) is 0 Å². The lowest BCUT2D eigenvalue weighted by Gasteiger charge is -2.15. The van der Waals surface area contributed by atoms with Crippen LogP contribution in [0.15, 0.2) is 18.2 Å². The van der Waals surface area contributed by atoms with Crippen LogP contribution in [0.2, 0.25) is 5.02 Å². The van der Waals surface area contributed by atoms with Crippen LogP contribution in [0.5, 0.6) is 0 Å². The van der Waals surface area contributed by atoms with Crippen molar-refractivity contribution >= 4 is 23.3 Å². The number of nitrogens with one attached hydrogen (secondary N) is 1. The highest BCUT2D eigenvalue weighted by molar-refractivity contribution is 6.34. The van der Waals surface area contributed by atoms with Gasteiger partial charge in [0, 0.05) is 5.54 Å². The normalized spacial score (nSPS) is 17.2. The van der Waals surface area contributed by atoms with Crippen molar-refractivity contribution in [1.29, 1.82) is 0 Å². The largest absolute Gasteiger partial charge is 0.478 e. The van der Waals surface area contributed by atoms with Gasteiger partial charge in [-0.1, -0.05) is 17.7 Å². The van der Waals surface area contributed by atoms with E-state index in [1.807, 2.05) is 0 Å². The maximum absolute atomic E-state index is 11.0. The maximum atomic E-state index is 11.0. The summed E-state index contributed by atoms with van der Waals surface area (Å²) in [5.41, 5.74) is 0.816. The molecule has 1 fully saturated rings. The topological polar surface area (TPSA) is 49.3 Å². The Labute approximate surface area is 93.1 Å². The van der Waals surface area contributed by atoms with E-state index in [1.54, 1.807) is 18.2 Å². The Bertz CT molecular complexity index is 413. The Kier molecular flexibility index (Phi) is 2.35. The Morgan fingerprint density at radius 3 is 2.73 bits per heavy atom. The van der Waals surface area contributed by atoms with E-state index < -0.39 is 5.97 Å². The van der Waals surface area contributed by atoms with Gasteiger partial charge >= 0.3 is 5.97 Å². The molecule has 1 saturated carbocycles. The molecule has 4 heteroatoms. The second-order valence-corrected chi connectivity index (χ2v) is 4.56. The van der Waals surface area contributed by atoms with Crippen molar-refractivity contribution in [2.75, 3.05) is 5.32 Å². The minimum Gasteiger partial charge on any atom is -0.478 e. The molecule has 2 N–H and O–H groups in total. The van der Waals surface area contributed by atoms with Crippen LogP contribution in [0, 0.1) is 0 Å². The van der Waals surface area contributed by atoms with Gasteiger partial charge in [-0.05, 0) is 31.9 Å². The van der Waals surface area contributed by atoms with E-state index in [0.717, 1.165) is 12.8 Å². The van der Waals surface area contributed by atoms with Crippen LogP contribution in [-0.2, 0) is 0 Å². The van der Waals surface area contributed by atoms with Crippen LogP contribution in [-0.4, -0.2) is 16.6 Å². The predicted molar refractivity (Wildman–Crippen MR) is 59.7 cm³/mol. The molecule has 0 spiro atoms. The second-order valence-electron chi connectivity index (χ2n) is 4.15. The SMILES string of the molecule is CC1(Nc2cccc(Cl)c2C(=O)O)CC1. The molecule has 80 valence electrons. The van der Waals surface area contributed by atoms with Crippen LogP contribution in [0.25, 0.3) is 0 Å². The van der Waals surface area contributed by atoms with E-state index in [9.17, 15) is 4.79 Å². The van der Waals surface area contributed by atoms with Crippen LogP contribution in [0.4, 0.5) is 5.69 Å². The van der Waals surface area contributed by atoms with E-state index in [1.165, 1.54) is 0 Å². The third-order valence-electron chi connectivity index (χ3n) is 2.66. The van der Waals surface area contributed by atoms with Crippen molar-refractivity contribution in [3.05, 3.63) is 28.8 Å². The Morgan fingerprint density at radius 2 is 2.20 bits per heavy atom. The standard InChI is InChI=1S/C11H12ClNO2/c1-11(5-6-11)13-8-4-2-3-7(12)9(8)10(14)15/h2-4,13H,5-6H2,1H3,(H,14,15). The van der Waals surface area contributed by atoms with Crippen molar-refractivity contribution in [3.8, 4) is 0 Å². The van der Waals surface area contributed by atoms with Crippen LogP contribution >= 0.6 is 11.6 Å². The molecule has 0 aliphatic heterocycles. The number of carboxylic acids is 1. The van der Waals surface area contributed by atoms with Gasteiger partial charge in [-0.3, -0.25) is 0 Å². The number of carboxylic acid groups (broad SMARTS) is 1. The highest BCUT2D eigenvalue weighted by Gasteiger charge is 2.38. The zero-order valence-corrected chi connectivity index (χ0v) is 9.14. The minimum absolute atomic E-state index is 0.0505. The number of hydrogen-bond donors (Lipinski definition) is 2. The fourth-order valence-electron chi connectivity index (χ4n) is 1.48. The molecule has 2 rings (SSSR count). The van der Waals surface area contributed by atoms with Gasteiger partial charge in [-0.15, -0.1) is 0 Å². The smallest absolute Gasteiger partial charge is 0.339 e. The molecule has 0 aromatic heterocycles. The molecule has 0 amide bonds. The van der Waals surface area contributed by atoms with Gasteiger partial charge in [0.2, 0.25) is 0 Å². The highest BCUT2D eigenvalue weighted by Crippen LogP contribution is 2.39. The van der Waals surface area contributed by atoms with Gasteiger partial charge in [0.1, 0.15) is 5.56 Å². The van der Waals surface area contributed by atoms with Gasteiger partial charge in [-0.25, -0.2) is 4.79 Å². The Hall–Kier alpha value is -1.22. The molecule has 15 heavy (non-hydrogen) atoms. The first-order valence-electron chi connectivity index (χ1n) is 4.82. The molecule has 1 aliphatic carbocycles. The average Bonchev–Trinajstić information content (AvgIpc) is 2.82. The fourth-order valence-corrected chi connectivity index (χ4v) is 1.74. The second kappa shape index (κ2) is 3.42. The molecule has 1 aromatic rings. The van der Waals surface area contributed by atoms with Gasteiger partial charge < -0.3 is 10.4 Å². The summed E-state index contributed by atoms with van der Waals surface area (Å²) in [6.07, 6.45) is 2.14. The summed E-state index contributed by atoms with van der Waals surface area (Å²) in [6.45, 7) is 2.07. The van der Waals surface area contributed by atoms with Crippen molar-refractivity contribution in [2.24, 2.45) is 0 Å². The van der Waals surface area contributed by atoms with E-state index >= 15 is 0 Å². The number of anilines is 1. The predicted octanol–water partition coefficient (Wildman–Crippen LogP) is 3.00. The van der Waals surface area contributed by atoms with Gasteiger partial charge in [-0.2, -0.15) is 0 Å². The van der Waals surface area contributed by atoms with E-state index in [2.05, 4.69) is 12.2 Å². The van der Waals surface area contributed by atoms with Crippen molar-refractivity contribution in [3.63, 3.8) is 0 Å². The number of rotatable bonds is 3. The molecule has 1 aromatic carbocycles. The lowest BCUT2D eigenvalue weighted by Crippen LogP contribution is -2.18. The number of benzene rings is 1. The van der Waals surface area contributed by atoms with Crippen molar-refractivity contribution in [2.45, 2.75) is 25.3 Å². The summed E-state index contributed by atoms with van der Waals surface area (Å²) in [5, 5.41) is 12.5. The number of carbonyl (C=O) groups is 1. The summed E-state index contributed by atoms with van der Waals surface area (Å²) in [7, 11) is 0. The first-order valence-corrected chi connectivity index (χ1v) is 5.20. The summed E-state index contributed by atoms with van der Waals surface area (Å²) in [5.74, 6) is -0.993. The van der Waals surface area contributed by atoms with Gasteiger partial charge in [0.15, 0.2) is 0 Å². The molecule has 0 radical (unpaired) electrons. The molecule has 0 saturated heterocycles. The summed E-state index contributed by atoms with van der Waals surface area (Å²) >= 11 is 5.85. The quantitative estimate of drug-likeness (QED) is 0.832. The average molecular weight is 226 g/mol. The molecule has 0 bridgehead atoms. The molecule has 0 atom stereocenters. The Balaban J connectivity index is 2.37. The number of halogens is 1. The highest BCUT2D eigenvalue weighted by atomic mass is 35.5. The molecule has 1 aliphatic rings. The number of aromatic carboxylic acids is 1. The first kappa shape index (κ1) is 10.3. The van der Waals surface area contributed by atoms with E-state index in [-0.39, 0.29) is 16.1 Å². The zero-order chi connectivity index (χ0) is 11.1. The monoisotopic (exact) mass is 225 g/mol. The molecular formula is C11H12ClNO2. The Morgan fingerprint density at radius 1 is 1.53 bits per heavy atom. The molecule has 0 heterocycles. The molecule has 0 unspecified atom stereocenters. The van der Waals surface area contributed by atoms with Crippen molar-refractivity contribution in [1.82, 2.24) is 0 Å². The van der Waals surface area contributed by atoms with Crippen molar-refractivity contribution < 1.29 is 9.90 Å². The van der Waals surface area contributed by atoms with Crippen LogP contribution < -0.4 is 5.32 Å². The third kappa shape index (κ3) is 2.07. The lowest BCUT2D eigenvalue weighted by molar-refractivity contribution is 0.0698. The van der Waals surface area contributed by atoms with E-state index in [4.69, 9.17) is 16.7 Å². The maximum Gasteiger partial charge on any atom is 0.339 e. The summed E-state index contributed by atoms with van der Waals surface area (Å²) in [4.78, 5) is 11.0. The lowest BCUT2D eigenvalue weighted by atomic mass is 10.1. The molecule has 3 nitrogen and oxygen atoms in total. The zero-order valence-electron chi connectivity index (χ0n) is 8.38. The van der Waals surface area contributed by atoms with E-state index in [0.29, 0.717) is 5.69 Å².